The summed E-state index contributed by atoms with van der Waals surface area (Å²) in [5.74, 6) is 0.151. The third-order valence-electron chi connectivity index (χ3n) is 3.96. The lowest BCUT2D eigenvalue weighted by atomic mass is 10.1. The average Bonchev–Trinajstić information content (AvgIpc) is 2.55. The van der Waals surface area contributed by atoms with E-state index >= 15 is 0 Å². The summed E-state index contributed by atoms with van der Waals surface area (Å²) in [6, 6.07) is 15.5. The molecule has 0 spiro atoms. The van der Waals surface area contributed by atoms with Crippen LogP contribution in [0.15, 0.2) is 48.5 Å². The van der Waals surface area contributed by atoms with Gasteiger partial charge in [-0.15, -0.1) is 0 Å². The van der Waals surface area contributed by atoms with Crippen molar-refractivity contribution in [2.24, 2.45) is 0 Å². The number of anilines is 3. The zero-order chi connectivity index (χ0) is 18.7. The first-order valence-corrected chi connectivity index (χ1v) is 8.49. The summed E-state index contributed by atoms with van der Waals surface area (Å²) in [6.07, 6.45) is 0. The van der Waals surface area contributed by atoms with Gasteiger partial charge in [-0.25, -0.2) is 9.97 Å². The Morgan fingerprint density at radius 3 is 2.27 bits per heavy atom. The lowest BCUT2D eigenvalue weighted by Crippen LogP contribution is -2.15. The molecule has 3 aromatic rings. The molecular weight excluding hydrogens is 324 g/mol. The van der Waals surface area contributed by atoms with Crippen LogP contribution in [0.4, 0.5) is 17.3 Å². The van der Waals surface area contributed by atoms with Gasteiger partial charge in [0.15, 0.2) is 0 Å². The van der Waals surface area contributed by atoms with Gasteiger partial charge >= 0.3 is 0 Å². The van der Waals surface area contributed by atoms with Crippen molar-refractivity contribution in [1.82, 2.24) is 9.97 Å². The zero-order valence-corrected chi connectivity index (χ0v) is 15.4. The van der Waals surface area contributed by atoms with Gasteiger partial charge in [0.1, 0.15) is 5.69 Å². The van der Waals surface area contributed by atoms with Crippen LogP contribution in [-0.2, 0) is 0 Å². The molecule has 26 heavy (non-hydrogen) atoms. The van der Waals surface area contributed by atoms with Gasteiger partial charge < -0.3 is 10.6 Å². The zero-order valence-electron chi connectivity index (χ0n) is 15.4. The fourth-order valence-electron chi connectivity index (χ4n) is 2.82. The molecule has 5 nitrogen and oxygen atoms in total. The minimum absolute atomic E-state index is 0.256. The van der Waals surface area contributed by atoms with Crippen LogP contribution in [0.5, 0.6) is 0 Å². The van der Waals surface area contributed by atoms with E-state index in [4.69, 9.17) is 0 Å². The molecular formula is C21H22N4O. The molecule has 0 saturated heterocycles. The first kappa shape index (κ1) is 17.6. The molecule has 2 aromatic carbocycles. The van der Waals surface area contributed by atoms with Crippen LogP contribution in [0.1, 0.15) is 32.9 Å². The number of hydrogen-bond donors (Lipinski definition) is 2. The largest absolute Gasteiger partial charge is 0.324 e. The molecule has 1 heterocycles. The highest BCUT2D eigenvalue weighted by Gasteiger charge is 2.12. The van der Waals surface area contributed by atoms with E-state index in [-0.39, 0.29) is 5.91 Å². The molecule has 0 aliphatic heterocycles. The Morgan fingerprint density at radius 1 is 0.885 bits per heavy atom. The van der Waals surface area contributed by atoms with Gasteiger partial charge in [0.05, 0.1) is 0 Å². The van der Waals surface area contributed by atoms with E-state index in [9.17, 15) is 4.79 Å². The first-order chi connectivity index (χ1) is 12.4. The predicted molar refractivity (Wildman–Crippen MR) is 105 cm³/mol. The van der Waals surface area contributed by atoms with E-state index in [2.05, 4.69) is 26.7 Å². The molecule has 0 unspecified atom stereocenters. The number of aryl methyl sites for hydroxylation is 4. The van der Waals surface area contributed by atoms with E-state index in [0.29, 0.717) is 11.6 Å². The van der Waals surface area contributed by atoms with Crippen molar-refractivity contribution < 1.29 is 4.79 Å². The molecule has 1 aromatic heterocycles. The summed E-state index contributed by atoms with van der Waals surface area (Å²) in [4.78, 5) is 21.4. The van der Waals surface area contributed by atoms with Gasteiger partial charge in [-0.05, 0) is 68.7 Å². The molecule has 1 amide bonds. The van der Waals surface area contributed by atoms with Gasteiger partial charge in [-0.1, -0.05) is 24.3 Å². The molecule has 0 atom stereocenters. The van der Waals surface area contributed by atoms with Crippen LogP contribution < -0.4 is 10.6 Å². The summed E-state index contributed by atoms with van der Waals surface area (Å²) >= 11 is 0. The quantitative estimate of drug-likeness (QED) is 0.718. The highest BCUT2D eigenvalue weighted by atomic mass is 16.1. The highest BCUT2D eigenvalue weighted by molar-refractivity contribution is 6.03. The third-order valence-corrected chi connectivity index (χ3v) is 3.96. The fraction of sp³-hybridized carbons (Fsp3) is 0.190. The minimum Gasteiger partial charge on any atom is -0.324 e. The second-order valence-corrected chi connectivity index (χ2v) is 6.49. The average molecular weight is 346 g/mol. The van der Waals surface area contributed by atoms with E-state index in [0.717, 1.165) is 33.8 Å². The van der Waals surface area contributed by atoms with Gasteiger partial charge in [0, 0.05) is 17.1 Å². The molecule has 0 fully saturated rings. The lowest BCUT2D eigenvalue weighted by molar-refractivity contribution is 0.102. The van der Waals surface area contributed by atoms with Crippen molar-refractivity contribution >= 4 is 23.2 Å². The number of aromatic nitrogens is 2. The van der Waals surface area contributed by atoms with Crippen LogP contribution in [0.25, 0.3) is 0 Å². The normalized spacial score (nSPS) is 10.5. The molecule has 132 valence electrons. The van der Waals surface area contributed by atoms with Gasteiger partial charge in [-0.3, -0.25) is 4.79 Å². The third kappa shape index (κ3) is 4.25. The second kappa shape index (κ2) is 7.35. The van der Waals surface area contributed by atoms with E-state index in [1.807, 2.05) is 64.1 Å². The Kier molecular flexibility index (Phi) is 4.98. The van der Waals surface area contributed by atoms with Crippen LogP contribution in [-0.4, -0.2) is 15.9 Å². The van der Waals surface area contributed by atoms with Crippen molar-refractivity contribution in [1.29, 1.82) is 0 Å². The predicted octanol–water partition coefficient (Wildman–Crippen LogP) is 4.71. The van der Waals surface area contributed by atoms with Gasteiger partial charge in [-0.2, -0.15) is 0 Å². The van der Waals surface area contributed by atoms with Crippen molar-refractivity contribution in [3.63, 3.8) is 0 Å². The number of carbonyl (C=O) groups is 1. The molecule has 0 aliphatic carbocycles. The van der Waals surface area contributed by atoms with Gasteiger partial charge in [0.25, 0.3) is 5.91 Å². The van der Waals surface area contributed by atoms with Crippen LogP contribution >= 0.6 is 0 Å². The minimum atomic E-state index is -0.256. The Hall–Kier alpha value is -3.21. The van der Waals surface area contributed by atoms with Crippen LogP contribution in [0, 0.1) is 27.7 Å². The Labute approximate surface area is 153 Å². The maximum absolute atomic E-state index is 12.6. The number of rotatable bonds is 4. The van der Waals surface area contributed by atoms with Crippen molar-refractivity contribution in [3.8, 4) is 0 Å². The SMILES string of the molecule is Cc1cc(C)cc(NC(=O)c2cc(C)nc(Nc3ccccc3C)n2)c1. The van der Waals surface area contributed by atoms with Gasteiger partial charge in [0.2, 0.25) is 5.95 Å². The maximum atomic E-state index is 12.6. The number of nitrogens with zero attached hydrogens (tertiary/aromatic N) is 2. The number of nitrogens with one attached hydrogen (secondary N) is 2. The topological polar surface area (TPSA) is 66.9 Å². The summed E-state index contributed by atoms with van der Waals surface area (Å²) in [5.41, 5.74) is 6.01. The summed E-state index contributed by atoms with van der Waals surface area (Å²) in [5, 5.41) is 6.10. The van der Waals surface area contributed by atoms with Crippen molar-refractivity contribution in [3.05, 3.63) is 76.6 Å². The number of hydrogen-bond acceptors (Lipinski definition) is 4. The van der Waals surface area contributed by atoms with Crippen molar-refractivity contribution in [2.45, 2.75) is 27.7 Å². The number of amides is 1. The van der Waals surface area contributed by atoms with Crippen molar-refractivity contribution in [2.75, 3.05) is 10.6 Å². The molecule has 0 bridgehead atoms. The fourth-order valence-corrected chi connectivity index (χ4v) is 2.82. The Bertz CT molecular complexity index is 946. The molecule has 5 heteroatoms. The van der Waals surface area contributed by atoms with Crippen LogP contribution in [0.3, 0.4) is 0 Å². The summed E-state index contributed by atoms with van der Waals surface area (Å²) < 4.78 is 0. The second-order valence-electron chi connectivity index (χ2n) is 6.49. The number of para-hydroxylation sites is 1. The molecule has 0 radical (unpaired) electrons. The van der Waals surface area contributed by atoms with Crippen LogP contribution in [0.2, 0.25) is 0 Å². The summed E-state index contributed by atoms with van der Waals surface area (Å²) in [6.45, 7) is 7.85. The molecule has 0 aliphatic rings. The molecule has 0 saturated carbocycles. The Morgan fingerprint density at radius 2 is 1.58 bits per heavy atom. The maximum Gasteiger partial charge on any atom is 0.274 e. The Balaban J connectivity index is 1.84. The number of benzene rings is 2. The lowest BCUT2D eigenvalue weighted by Gasteiger charge is -2.11. The monoisotopic (exact) mass is 346 g/mol. The van der Waals surface area contributed by atoms with E-state index in [1.165, 1.54) is 0 Å². The standard InChI is InChI=1S/C21H22N4O/c1-13-9-14(2)11-17(10-13)23-20(26)19-12-16(4)22-21(25-19)24-18-8-6-5-7-15(18)3/h5-12H,1-4H3,(H,23,26)(H,22,24,25). The molecule has 2 N–H and O–H groups in total. The smallest absolute Gasteiger partial charge is 0.274 e. The van der Waals surface area contributed by atoms with E-state index < -0.39 is 0 Å². The molecule has 3 rings (SSSR count). The van der Waals surface area contributed by atoms with E-state index in [1.54, 1.807) is 6.07 Å². The number of carbonyl (C=O) groups excluding carboxylic acids is 1. The summed E-state index contributed by atoms with van der Waals surface area (Å²) in [7, 11) is 0. The highest BCUT2D eigenvalue weighted by Crippen LogP contribution is 2.19. The first-order valence-electron chi connectivity index (χ1n) is 8.49.